The zero-order valence-electron chi connectivity index (χ0n) is 16.9. The standard InChI is InChI=1S/C25H30O3/c1-3-19-27-24-15-11-21(12-16-24)7-5-9-23(26)10-6-8-22-13-17-25(18-14-22)28-20-4-2/h3-4,11-20H,5-10H2,1-2H3. The summed E-state index contributed by atoms with van der Waals surface area (Å²) < 4.78 is 10.8. The van der Waals surface area contributed by atoms with E-state index in [1.165, 1.54) is 11.1 Å². The van der Waals surface area contributed by atoms with Gasteiger partial charge in [-0.05, 0) is 74.9 Å². The molecule has 148 valence electrons. The van der Waals surface area contributed by atoms with Crippen LogP contribution in [0.3, 0.4) is 0 Å². The highest BCUT2D eigenvalue weighted by Gasteiger charge is 2.04. The molecule has 0 bridgehead atoms. The van der Waals surface area contributed by atoms with E-state index in [0.29, 0.717) is 18.6 Å². The molecule has 0 aliphatic carbocycles. The van der Waals surface area contributed by atoms with Crippen molar-refractivity contribution in [3.05, 3.63) is 84.3 Å². The molecule has 28 heavy (non-hydrogen) atoms. The first-order chi connectivity index (χ1) is 13.7. The normalized spacial score (nSPS) is 11.2. The Bertz CT molecular complexity index is 690. The van der Waals surface area contributed by atoms with Gasteiger partial charge in [0.25, 0.3) is 0 Å². The average molecular weight is 379 g/mol. The lowest BCUT2D eigenvalue weighted by Crippen LogP contribution is -2.00. The molecule has 3 heteroatoms. The maximum atomic E-state index is 12.1. The number of hydrogen-bond donors (Lipinski definition) is 0. The SMILES string of the molecule is CC=COc1ccc(CCCC(=O)CCCc2ccc(OC=CC)cc2)cc1. The fourth-order valence-electron chi connectivity index (χ4n) is 2.87. The quantitative estimate of drug-likeness (QED) is 0.399. The molecule has 0 N–H and O–H groups in total. The second kappa shape index (κ2) is 12.6. The summed E-state index contributed by atoms with van der Waals surface area (Å²) in [6.45, 7) is 3.84. The van der Waals surface area contributed by atoms with E-state index in [1.807, 2.05) is 50.3 Å². The van der Waals surface area contributed by atoms with Gasteiger partial charge in [-0.15, -0.1) is 0 Å². The Labute approximate surface area is 168 Å². The van der Waals surface area contributed by atoms with Gasteiger partial charge in [-0.1, -0.05) is 36.4 Å². The molecule has 0 saturated heterocycles. The highest BCUT2D eigenvalue weighted by Crippen LogP contribution is 2.16. The lowest BCUT2D eigenvalue weighted by Gasteiger charge is -2.05. The maximum Gasteiger partial charge on any atom is 0.132 e. The molecule has 0 unspecified atom stereocenters. The summed E-state index contributed by atoms with van der Waals surface area (Å²) in [6.07, 6.45) is 12.0. The molecule has 3 nitrogen and oxygen atoms in total. The maximum absolute atomic E-state index is 12.1. The van der Waals surface area contributed by atoms with Crippen LogP contribution in [-0.2, 0) is 17.6 Å². The van der Waals surface area contributed by atoms with Gasteiger partial charge < -0.3 is 9.47 Å². The van der Waals surface area contributed by atoms with Crippen LogP contribution in [0.2, 0.25) is 0 Å². The zero-order valence-corrected chi connectivity index (χ0v) is 16.9. The largest absolute Gasteiger partial charge is 0.465 e. The Morgan fingerprint density at radius 3 is 1.46 bits per heavy atom. The van der Waals surface area contributed by atoms with Crippen LogP contribution in [0.5, 0.6) is 11.5 Å². The third kappa shape index (κ3) is 8.26. The number of ketones is 1. The molecular weight excluding hydrogens is 348 g/mol. The number of ether oxygens (including phenoxy) is 2. The molecule has 0 spiro atoms. The topological polar surface area (TPSA) is 35.5 Å². The van der Waals surface area contributed by atoms with Crippen LogP contribution in [0.25, 0.3) is 0 Å². The van der Waals surface area contributed by atoms with Crippen LogP contribution in [0.15, 0.2) is 73.2 Å². The van der Waals surface area contributed by atoms with Gasteiger partial charge in [-0.3, -0.25) is 4.79 Å². The second-order valence-corrected chi connectivity index (χ2v) is 6.71. The number of carbonyl (C=O) groups excluding carboxylic acids is 1. The molecule has 0 amide bonds. The van der Waals surface area contributed by atoms with Gasteiger partial charge in [0.2, 0.25) is 0 Å². The predicted octanol–water partition coefficient (Wildman–Crippen LogP) is 6.43. The average Bonchev–Trinajstić information content (AvgIpc) is 2.72. The number of benzene rings is 2. The summed E-state index contributed by atoms with van der Waals surface area (Å²) >= 11 is 0. The van der Waals surface area contributed by atoms with E-state index in [2.05, 4.69) is 24.3 Å². The van der Waals surface area contributed by atoms with Crippen molar-refractivity contribution in [2.75, 3.05) is 0 Å². The lowest BCUT2D eigenvalue weighted by atomic mass is 10.0. The van der Waals surface area contributed by atoms with E-state index in [4.69, 9.17) is 9.47 Å². The summed E-state index contributed by atoms with van der Waals surface area (Å²) in [7, 11) is 0. The molecule has 2 aromatic rings. The van der Waals surface area contributed by atoms with Crippen LogP contribution in [0.4, 0.5) is 0 Å². The van der Waals surface area contributed by atoms with Gasteiger partial charge >= 0.3 is 0 Å². The van der Waals surface area contributed by atoms with Crippen molar-refractivity contribution in [2.45, 2.75) is 52.4 Å². The first kappa shape index (κ1) is 21.5. The van der Waals surface area contributed by atoms with Gasteiger partial charge in [0, 0.05) is 12.8 Å². The van der Waals surface area contributed by atoms with Gasteiger partial charge in [0.1, 0.15) is 17.3 Å². The Hall–Kier alpha value is -2.81. The van der Waals surface area contributed by atoms with E-state index in [-0.39, 0.29) is 0 Å². The molecule has 0 saturated carbocycles. The Morgan fingerprint density at radius 1 is 0.714 bits per heavy atom. The van der Waals surface area contributed by atoms with Crippen molar-refractivity contribution >= 4 is 5.78 Å². The molecule has 0 atom stereocenters. The summed E-state index contributed by atoms with van der Waals surface area (Å²) in [4.78, 5) is 12.1. The van der Waals surface area contributed by atoms with Crippen LogP contribution < -0.4 is 9.47 Å². The summed E-state index contributed by atoms with van der Waals surface area (Å²) in [5.74, 6) is 2.01. The van der Waals surface area contributed by atoms with Crippen LogP contribution in [0.1, 0.15) is 50.7 Å². The van der Waals surface area contributed by atoms with Crippen LogP contribution >= 0.6 is 0 Å². The summed E-state index contributed by atoms with van der Waals surface area (Å²) in [6, 6.07) is 16.1. The monoisotopic (exact) mass is 378 g/mol. The Morgan fingerprint density at radius 2 is 1.11 bits per heavy atom. The Balaban J connectivity index is 1.62. The minimum absolute atomic E-state index is 0.348. The van der Waals surface area contributed by atoms with Crippen LogP contribution in [0, 0.1) is 0 Å². The molecular formula is C25H30O3. The van der Waals surface area contributed by atoms with Crippen molar-refractivity contribution in [3.8, 4) is 11.5 Å². The minimum atomic E-state index is 0.348. The number of Topliss-reactive ketones (excluding diaryl/α,β-unsaturated/α-hetero) is 1. The molecule has 0 aliphatic heterocycles. The molecule has 2 aromatic carbocycles. The van der Waals surface area contributed by atoms with Crippen molar-refractivity contribution in [3.63, 3.8) is 0 Å². The van der Waals surface area contributed by atoms with E-state index in [1.54, 1.807) is 12.5 Å². The van der Waals surface area contributed by atoms with Crippen molar-refractivity contribution in [1.29, 1.82) is 0 Å². The molecule has 0 aliphatic rings. The van der Waals surface area contributed by atoms with E-state index in [0.717, 1.165) is 37.2 Å². The zero-order chi connectivity index (χ0) is 20.0. The number of rotatable bonds is 12. The van der Waals surface area contributed by atoms with E-state index >= 15 is 0 Å². The van der Waals surface area contributed by atoms with Crippen molar-refractivity contribution in [2.24, 2.45) is 0 Å². The smallest absolute Gasteiger partial charge is 0.132 e. The molecule has 0 radical (unpaired) electrons. The van der Waals surface area contributed by atoms with Gasteiger partial charge in [0.15, 0.2) is 0 Å². The lowest BCUT2D eigenvalue weighted by molar-refractivity contribution is -0.119. The van der Waals surface area contributed by atoms with Crippen molar-refractivity contribution < 1.29 is 14.3 Å². The highest BCUT2D eigenvalue weighted by atomic mass is 16.5. The third-order valence-corrected chi connectivity index (χ3v) is 4.37. The first-order valence-electron chi connectivity index (χ1n) is 9.96. The summed E-state index contributed by atoms with van der Waals surface area (Å²) in [5.41, 5.74) is 2.47. The molecule has 2 rings (SSSR count). The Kier molecular flexibility index (Phi) is 9.64. The molecule has 0 heterocycles. The summed E-state index contributed by atoms with van der Waals surface area (Å²) in [5, 5.41) is 0. The predicted molar refractivity (Wildman–Crippen MR) is 115 cm³/mol. The fraction of sp³-hybridized carbons (Fsp3) is 0.320. The number of allylic oxidation sites excluding steroid dienone is 2. The van der Waals surface area contributed by atoms with Crippen molar-refractivity contribution in [1.82, 2.24) is 0 Å². The molecule has 0 fully saturated rings. The molecule has 0 aromatic heterocycles. The second-order valence-electron chi connectivity index (χ2n) is 6.71. The van der Waals surface area contributed by atoms with Gasteiger partial charge in [-0.25, -0.2) is 0 Å². The van der Waals surface area contributed by atoms with E-state index in [9.17, 15) is 4.79 Å². The number of carbonyl (C=O) groups is 1. The van der Waals surface area contributed by atoms with Gasteiger partial charge in [-0.2, -0.15) is 0 Å². The number of aryl methyl sites for hydroxylation is 2. The third-order valence-electron chi connectivity index (χ3n) is 4.37. The van der Waals surface area contributed by atoms with Crippen LogP contribution in [-0.4, -0.2) is 5.78 Å². The van der Waals surface area contributed by atoms with Gasteiger partial charge in [0.05, 0.1) is 12.5 Å². The highest BCUT2D eigenvalue weighted by molar-refractivity contribution is 5.78. The first-order valence-corrected chi connectivity index (χ1v) is 9.96. The van der Waals surface area contributed by atoms with E-state index < -0.39 is 0 Å². The fourth-order valence-corrected chi connectivity index (χ4v) is 2.87. The minimum Gasteiger partial charge on any atom is -0.465 e. The number of hydrogen-bond acceptors (Lipinski definition) is 3.